The smallest absolute Gasteiger partial charge is 0.422 e. The van der Waals surface area contributed by atoms with Gasteiger partial charge in [-0.3, -0.25) is 4.79 Å². The molecule has 0 radical (unpaired) electrons. The van der Waals surface area contributed by atoms with E-state index < -0.39 is 12.8 Å². The maximum Gasteiger partial charge on any atom is 0.422 e. The SMILES string of the molecule is CC(CN)N(C)C(=O)COc1ccccc1OCC(F)(F)F. The van der Waals surface area contributed by atoms with Crippen LogP contribution in [0.3, 0.4) is 0 Å². The highest BCUT2D eigenvalue weighted by molar-refractivity contribution is 5.77. The van der Waals surface area contributed by atoms with Crippen LogP contribution in [0.15, 0.2) is 24.3 Å². The van der Waals surface area contributed by atoms with E-state index in [0.717, 1.165) is 0 Å². The van der Waals surface area contributed by atoms with Gasteiger partial charge in [0.25, 0.3) is 5.91 Å². The van der Waals surface area contributed by atoms with E-state index in [0.29, 0.717) is 6.54 Å². The van der Waals surface area contributed by atoms with Crippen LogP contribution in [0.2, 0.25) is 0 Å². The molecule has 0 saturated heterocycles. The van der Waals surface area contributed by atoms with Gasteiger partial charge >= 0.3 is 6.18 Å². The van der Waals surface area contributed by atoms with Gasteiger partial charge in [-0.25, -0.2) is 0 Å². The highest BCUT2D eigenvalue weighted by Gasteiger charge is 2.29. The van der Waals surface area contributed by atoms with Crippen LogP contribution in [-0.2, 0) is 4.79 Å². The number of nitrogens with zero attached hydrogens (tertiary/aromatic N) is 1. The number of hydrogen-bond acceptors (Lipinski definition) is 4. The zero-order chi connectivity index (χ0) is 16.8. The summed E-state index contributed by atoms with van der Waals surface area (Å²) >= 11 is 0. The predicted molar refractivity (Wildman–Crippen MR) is 74.8 cm³/mol. The Bertz CT molecular complexity index is 494. The lowest BCUT2D eigenvalue weighted by Crippen LogP contribution is -2.42. The lowest BCUT2D eigenvalue weighted by molar-refractivity contribution is -0.153. The summed E-state index contributed by atoms with van der Waals surface area (Å²) in [6, 6.07) is 5.71. The molecular weight excluding hydrogens is 301 g/mol. The number of benzene rings is 1. The third kappa shape index (κ3) is 5.80. The molecule has 5 nitrogen and oxygen atoms in total. The van der Waals surface area contributed by atoms with Crippen molar-refractivity contribution in [3.05, 3.63) is 24.3 Å². The van der Waals surface area contributed by atoms with Gasteiger partial charge in [-0.1, -0.05) is 12.1 Å². The van der Waals surface area contributed by atoms with E-state index in [1.165, 1.54) is 23.1 Å². The Hall–Kier alpha value is -1.96. The van der Waals surface area contributed by atoms with Gasteiger partial charge in [0.1, 0.15) is 0 Å². The molecule has 0 aromatic heterocycles. The number of carbonyl (C=O) groups excluding carboxylic acids is 1. The highest BCUT2D eigenvalue weighted by atomic mass is 19.4. The molecule has 22 heavy (non-hydrogen) atoms. The van der Waals surface area contributed by atoms with E-state index in [2.05, 4.69) is 4.74 Å². The first-order valence-electron chi connectivity index (χ1n) is 6.61. The summed E-state index contributed by atoms with van der Waals surface area (Å²) in [5, 5.41) is 0. The molecule has 1 unspecified atom stereocenters. The number of ether oxygens (including phenoxy) is 2. The van der Waals surface area contributed by atoms with Crippen molar-refractivity contribution in [2.24, 2.45) is 5.73 Å². The second-order valence-corrected chi connectivity index (χ2v) is 4.73. The summed E-state index contributed by atoms with van der Waals surface area (Å²) in [4.78, 5) is 13.3. The van der Waals surface area contributed by atoms with Gasteiger partial charge in [0.15, 0.2) is 24.7 Å². The molecule has 0 aliphatic rings. The van der Waals surface area contributed by atoms with Crippen LogP contribution in [0.4, 0.5) is 13.2 Å². The molecule has 1 aromatic rings. The fraction of sp³-hybridized carbons (Fsp3) is 0.500. The van der Waals surface area contributed by atoms with Crippen molar-refractivity contribution in [2.45, 2.75) is 19.1 Å². The first-order valence-corrected chi connectivity index (χ1v) is 6.61. The first-order chi connectivity index (χ1) is 10.2. The molecule has 1 atom stereocenters. The van der Waals surface area contributed by atoms with Crippen LogP contribution in [0.5, 0.6) is 11.5 Å². The summed E-state index contributed by atoms with van der Waals surface area (Å²) in [6.07, 6.45) is -4.44. The van der Waals surface area contributed by atoms with E-state index in [9.17, 15) is 18.0 Å². The summed E-state index contributed by atoms with van der Waals surface area (Å²) in [5.74, 6) is -0.320. The van der Waals surface area contributed by atoms with Gasteiger partial charge in [-0.15, -0.1) is 0 Å². The van der Waals surface area contributed by atoms with Crippen LogP contribution in [0.25, 0.3) is 0 Å². The molecule has 1 aromatic carbocycles. The lowest BCUT2D eigenvalue weighted by Gasteiger charge is -2.23. The lowest BCUT2D eigenvalue weighted by atomic mass is 10.3. The van der Waals surface area contributed by atoms with Gasteiger partial charge in [0.05, 0.1) is 0 Å². The first kappa shape index (κ1) is 18.1. The molecule has 1 amide bonds. The Labute approximate surface area is 126 Å². The zero-order valence-electron chi connectivity index (χ0n) is 12.4. The number of rotatable bonds is 7. The van der Waals surface area contributed by atoms with Crippen LogP contribution in [0.1, 0.15) is 6.92 Å². The third-order valence-electron chi connectivity index (χ3n) is 2.99. The second kappa shape index (κ2) is 7.88. The van der Waals surface area contributed by atoms with E-state index in [1.54, 1.807) is 20.0 Å². The van der Waals surface area contributed by atoms with Crippen molar-refractivity contribution in [1.29, 1.82) is 0 Å². The predicted octanol–water partition coefficient (Wildman–Crippen LogP) is 1.81. The fourth-order valence-electron chi connectivity index (χ4n) is 1.49. The van der Waals surface area contributed by atoms with E-state index in [-0.39, 0.29) is 30.1 Å². The van der Waals surface area contributed by atoms with E-state index in [4.69, 9.17) is 10.5 Å². The average molecular weight is 320 g/mol. The molecule has 2 N–H and O–H groups in total. The van der Waals surface area contributed by atoms with Crippen molar-refractivity contribution < 1.29 is 27.4 Å². The molecule has 124 valence electrons. The quantitative estimate of drug-likeness (QED) is 0.832. The summed E-state index contributed by atoms with van der Waals surface area (Å²) in [6.45, 7) is 0.338. The Morgan fingerprint density at radius 2 is 1.82 bits per heavy atom. The standard InChI is InChI=1S/C14H19F3N2O3/c1-10(7-18)19(2)13(20)8-21-11-5-3-4-6-12(11)22-9-14(15,16)17/h3-6,10H,7-9,18H2,1-2H3. The number of alkyl halides is 3. The van der Waals surface area contributed by atoms with E-state index >= 15 is 0 Å². The molecule has 0 heterocycles. The monoisotopic (exact) mass is 320 g/mol. The minimum atomic E-state index is -4.44. The van der Waals surface area contributed by atoms with Gasteiger partial charge in [0, 0.05) is 19.6 Å². The molecule has 0 spiro atoms. The minimum Gasteiger partial charge on any atom is -0.480 e. The van der Waals surface area contributed by atoms with Crippen molar-refractivity contribution in [3.8, 4) is 11.5 Å². The van der Waals surface area contributed by atoms with Crippen molar-refractivity contribution >= 4 is 5.91 Å². The number of hydrogen-bond donors (Lipinski definition) is 1. The summed E-state index contributed by atoms with van der Waals surface area (Å²) in [7, 11) is 1.58. The minimum absolute atomic E-state index is 0.0675. The normalized spacial score (nSPS) is 12.6. The number of para-hydroxylation sites is 2. The molecule has 0 bridgehead atoms. The van der Waals surface area contributed by atoms with Crippen LogP contribution in [0, 0.1) is 0 Å². The number of amides is 1. The Morgan fingerprint density at radius 3 is 2.32 bits per heavy atom. The van der Waals surface area contributed by atoms with Crippen molar-refractivity contribution in [2.75, 3.05) is 26.8 Å². The fourth-order valence-corrected chi connectivity index (χ4v) is 1.49. The Morgan fingerprint density at radius 1 is 1.27 bits per heavy atom. The third-order valence-corrected chi connectivity index (χ3v) is 2.99. The molecule has 0 aliphatic heterocycles. The molecule has 8 heteroatoms. The number of halogens is 3. The largest absolute Gasteiger partial charge is 0.480 e. The second-order valence-electron chi connectivity index (χ2n) is 4.73. The van der Waals surface area contributed by atoms with Gasteiger partial charge in [0.2, 0.25) is 0 Å². The van der Waals surface area contributed by atoms with Crippen LogP contribution < -0.4 is 15.2 Å². The number of carbonyl (C=O) groups is 1. The highest BCUT2D eigenvalue weighted by Crippen LogP contribution is 2.28. The molecular formula is C14H19F3N2O3. The molecule has 0 aliphatic carbocycles. The molecule has 0 fully saturated rings. The van der Waals surface area contributed by atoms with Crippen LogP contribution >= 0.6 is 0 Å². The molecule has 1 rings (SSSR count). The van der Waals surface area contributed by atoms with E-state index in [1.807, 2.05) is 0 Å². The molecule has 0 saturated carbocycles. The van der Waals surface area contributed by atoms with Gasteiger partial charge in [-0.2, -0.15) is 13.2 Å². The van der Waals surface area contributed by atoms with Gasteiger partial charge < -0.3 is 20.1 Å². The number of likely N-dealkylation sites (N-methyl/N-ethyl adjacent to an activating group) is 1. The maximum atomic E-state index is 12.2. The van der Waals surface area contributed by atoms with Gasteiger partial charge in [-0.05, 0) is 19.1 Å². The Balaban J connectivity index is 2.64. The topological polar surface area (TPSA) is 64.8 Å². The van der Waals surface area contributed by atoms with Crippen LogP contribution in [-0.4, -0.2) is 49.8 Å². The van der Waals surface area contributed by atoms with Crippen molar-refractivity contribution in [1.82, 2.24) is 4.90 Å². The zero-order valence-corrected chi connectivity index (χ0v) is 12.4. The maximum absolute atomic E-state index is 12.2. The average Bonchev–Trinajstić information content (AvgIpc) is 2.48. The number of nitrogens with two attached hydrogens (primary N) is 1. The Kier molecular flexibility index (Phi) is 6.48. The van der Waals surface area contributed by atoms with Crippen molar-refractivity contribution in [3.63, 3.8) is 0 Å². The summed E-state index contributed by atoms with van der Waals surface area (Å²) in [5.41, 5.74) is 5.46. The summed E-state index contributed by atoms with van der Waals surface area (Å²) < 4.78 is 46.5.